The van der Waals surface area contributed by atoms with Crippen LogP contribution in [0.5, 0.6) is 0 Å². The molecule has 1 aliphatic carbocycles. The molecule has 1 N–H and O–H groups in total. The topological polar surface area (TPSA) is 53.6 Å². The van der Waals surface area contributed by atoms with Crippen LogP contribution in [0.15, 0.2) is 18.7 Å². The van der Waals surface area contributed by atoms with E-state index in [9.17, 15) is 5.26 Å². The molecule has 0 aromatic carbocycles. The minimum absolute atomic E-state index is 0.402. The van der Waals surface area contributed by atoms with Gasteiger partial charge in [-0.2, -0.15) is 5.26 Å². The number of aromatic nitrogens is 2. The van der Waals surface area contributed by atoms with E-state index in [2.05, 4.69) is 16.4 Å². The van der Waals surface area contributed by atoms with Crippen molar-refractivity contribution in [3.63, 3.8) is 0 Å². The van der Waals surface area contributed by atoms with Gasteiger partial charge in [-0.25, -0.2) is 4.98 Å². The first kappa shape index (κ1) is 9.22. The molecule has 1 aromatic heterocycles. The van der Waals surface area contributed by atoms with Crippen molar-refractivity contribution in [3.8, 4) is 6.07 Å². The molecule has 1 aromatic rings. The van der Waals surface area contributed by atoms with Crippen LogP contribution in [0.3, 0.4) is 0 Å². The van der Waals surface area contributed by atoms with Gasteiger partial charge in [-0.3, -0.25) is 0 Å². The molecular formula is C10H14N4. The molecule has 1 aliphatic rings. The molecule has 1 atom stereocenters. The van der Waals surface area contributed by atoms with Crippen LogP contribution in [-0.2, 0) is 6.54 Å². The normalized spacial score (nSPS) is 20.0. The fraction of sp³-hybridized carbons (Fsp3) is 0.600. The fourth-order valence-corrected chi connectivity index (χ4v) is 1.84. The molecule has 0 spiro atoms. The molecule has 1 unspecified atom stereocenters. The third-order valence-corrected chi connectivity index (χ3v) is 2.91. The average molecular weight is 190 g/mol. The summed E-state index contributed by atoms with van der Waals surface area (Å²) < 4.78 is 1.96. The predicted octanol–water partition coefficient (Wildman–Crippen LogP) is 0.775. The predicted molar refractivity (Wildman–Crippen MR) is 52.4 cm³/mol. The Hall–Kier alpha value is -1.34. The van der Waals surface area contributed by atoms with Crippen LogP contribution in [0.2, 0.25) is 0 Å². The summed E-state index contributed by atoms with van der Waals surface area (Å²) in [5, 5.41) is 12.4. The van der Waals surface area contributed by atoms with Gasteiger partial charge in [-0.15, -0.1) is 0 Å². The van der Waals surface area contributed by atoms with E-state index in [1.807, 2.05) is 17.8 Å². The van der Waals surface area contributed by atoms with E-state index in [4.69, 9.17) is 0 Å². The average Bonchev–Trinajstić information content (AvgIpc) is 2.95. The highest BCUT2D eigenvalue weighted by atomic mass is 15.1. The molecule has 0 radical (unpaired) electrons. The molecule has 0 amide bonds. The lowest BCUT2D eigenvalue weighted by Crippen LogP contribution is -2.47. The zero-order valence-corrected chi connectivity index (χ0v) is 8.27. The molecule has 4 nitrogen and oxygen atoms in total. The number of imidazole rings is 1. The molecule has 0 saturated heterocycles. The van der Waals surface area contributed by atoms with Crippen LogP contribution >= 0.6 is 0 Å². The Morgan fingerprint density at radius 1 is 1.71 bits per heavy atom. The van der Waals surface area contributed by atoms with E-state index in [0.29, 0.717) is 12.5 Å². The summed E-state index contributed by atoms with van der Waals surface area (Å²) in [4.78, 5) is 3.98. The highest BCUT2D eigenvalue weighted by Crippen LogP contribution is 2.40. The molecule has 0 bridgehead atoms. The molecule has 0 aliphatic heterocycles. The zero-order valence-electron chi connectivity index (χ0n) is 8.27. The number of hydrogen-bond acceptors (Lipinski definition) is 3. The van der Waals surface area contributed by atoms with Gasteiger partial charge in [0, 0.05) is 12.4 Å². The number of rotatable bonds is 4. The van der Waals surface area contributed by atoms with Crippen molar-refractivity contribution < 1.29 is 0 Å². The van der Waals surface area contributed by atoms with Gasteiger partial charge in [0.15, 0.2) is 0 Å². The van der Waals surface area contributed by atoms with Gasteiger partial charge in [-0.05, 0) is 25.8 Å². The Kier molecular flexibility index (Phi) is 2.26. The maximum absolute atomic E-state index is 9.24. The fourth-order valence-electron chi connectivity index (χ4n) is 1.84. The van der Waals surface area contributed by atoms with Crippen molar-refractivity contribution in [2.75, 3.05) is 7.05 Å². The van der Waals surface area contributed by atoms with Crippen LogP contribution in [0, 0.1) is 17.2 Å². The number of nitriles is 1. The van der Waals surface area contributed by atoms with Crippen molar-refractivity contribution in [2.45, 2.75) is 24.9 Å². The van der Waals surface area contributed by atoms with Crippen LogP contribution < -0.4 is 5.32 Å². The van der Waals surface area contributed by atoms with E-state index >= 15 is 0 Å². The lowest BCUT2D eigenvalue weighted by molar-refractivity contribution is 0.340. The van der Waals surface area contributed by atoms with Gasteiger partial charge >= 0.3 is 0 Å². The molecule has 74 valence electrons. The second-order valence-electron chi connectivity index (χ2n) is 3.84. The van der Waals surface area contributed by atoms with E-state index in [1.165, 1.54) is 0 Å². The van der Waals surface area contributed by atoms with Crippen LogP contribution in [0.1, 0.15) is 12.8 Å². The Morgan fingerprint density at radius 2 is 2.50 bits per heavy atom. The quantitative estimate of drug-likeness (QED) is 0.763. The first-order valence-corrected chi connectivity index (χ1v) is 4.86. The molecule has 1 heterocycles. The second-order valence-corrected chi connectivity index (χ2v) is 3.84. The minimum atomic E-state index is -0.402. The molecule has 1 fully saturated rings. The second kappa shape index (κ2) is 3.43. The van der Waals surface area contributed by atoms with Crippen LogP contribution in [0.4, 0.5) is 0 Å². The van der Waals surface area contributed by atoms with Gasteiger partial charge in [-0.1, -0.05) is 0 Å². The minimum Gasteiger partial charge on any atom is -0.335 e. The number of likely N-dealkylation sites (N-methyl/N-ethyl adjacent to an activating group) is 1. The highest BCUT2D eigenvalue weighted by molar-refractivity contribution is 5.14. The largest absolute Gasteiger partial charge is 0.335 e. The summed E-state index contributed by atoms with van der Waals surface area (Å²) in [6, 6.07) is 2.41. The van der Waals surface area contributed by atoms with Gasteiger partial charge < -0.3 is 9.88 Å². The summed E-state index contributed by atoms with van der Waals surface area (Å²) in [5.41, 5.74) is -0.402. The molecule has 14 heavy (non-hydrogen) atoms. The standard InChI is InChI=1S/C10H14N4/c1-12-10(6-11,9-2-3-9)7-14-5-4-13-8-14/h4-5,8-9,12H,2-3,7H2,1H3. The Labute approximate surface area is 83.6 Å². The number of nitrogens with zero attached hydrogens (tertiary/aromatic N) is 3. The number of hydrogen-bond donors (Lipinski definition) is 1. The van der Waals surface area contributed by atoms with Crippen molar-refractivity contribution in [1.82, 2.24) is 14.9 Å². The monoisotopic (exact) mass is 190 g/mol. The smallest absolute Gasteiger partial charge is 0.127 e. The molecule has 1 saturated carbocycles. The summed E-state index contributed by atoms with van der Waals surface area (Å²) in [5.74, 6) is 0.500. The maximum Gasteiger partial charge on any atom is 0.127 e. The maximum atomic E-state index is 9.24. The first-order chi connectivity index (χ1) is 6.80. The van der Waals surface area contributed by atoms with Gasteiger partial charge in [0.2, 0.25) is 0 Å². The lowest BCUT2D eigenvalue weighted by Gasteiger charge is -2.26. The third-order valence-electron chi connectivity index (χ3n) is 2.91. The Balaban J connectivity index is 2.15. The molecule has 4 heteroatoms. The lowest BCUT2D eigenvalue weighted by atomic mass is 9.95. The Morgan fingerprint density at radius 3 is 2.93 bits per heavy atom. The summed E-state index contributed by atoms with van der Waals surface area (Å²) in [7, 11) is 1.86. The summed E-state index contributed by atoms with van der Waals surface area (Å²) >= 11 is 0. The van der Waals surface area contributed by atoms with Gasteiger partial charge in [0.05, 0.1) is 18.9 Å². The van der Waals surface area contributed by atoms with Crippen LogP contribution in [-0.4, -0.2) is 22.1 Å². The third kappa shape index (κ3) is 1.51. The summed E-state index contributed by atoms with van der Waals surface area (Å²) in [6.45, 7) is 0.685. The zero-order chi connectivity index (χ0) is 10.0. The molecular weight excluding hydrogens is 176 g/mol. The van der Waals surface area contributed by atoms with E-state index < -0.39 is 5.54 Å². The van der Waals surface area contributed by atoms with Crippen molar-refractivity contribution in [3.05, 3.63) is 18.7 Å². The van der Waals surface area contributed by atoms with E-state index in [0.717, 1.165) is 12.8 Å². The first-order valence-electron chi connectivity index (χ1n) is 4.86. The van der Waals surface area contributed by atoms with Crippen molar-refractivity contribution in [2.24, 2.45) is 5.92 Å². The summed E-state index contributed by atoms with van der Waals surface area (Å²) in [6.07, 6.45) is 7.70. The van der Waals surface area contributed by atoms with E-state index in [-0.39, 0.29) is 0 Å². The van der Waals surface area contributed by atoms with Crippen molar-refractivity contribution >= 4 is 0 Å². The van der Waals surface area contributed by atoms with E-state index in [1.54, 1.807) is 12.5 Å². The number of nitrogens with one attached hydrogen (secondary N) is 1. The molecule has 2 rings (SSSR count). The highest BCUT2D eigenvalue weighted by Gasteiger charge is 2.44. The SMILES string of the molecule is CNC(C#N)(Cn1ccnc1)C1CC1. The van der Waals surface area contributed by atoms with Crippen molar-refractivity contribution in [1.29, 1.82) is 5.26 Å². The Bertz CT molecular complexity index is 334. The van der Waals surface area contributed by atoms with Gasteiger partial charge in [0.1, 0.15) is 5.54 Å². The van der Waals surface area contributed by atoms with Gasteiger partial charge in [0.25, 0.3) is 0 Å². The van der Waals surface area contributed by atoms with Crippen LogP contribution in [0.25, 0.3) is 0 Å².